The number of nitrogens with one attached hydrogen (secondary N) is 2. The molecule has 1 fully saturated rings. The molecule has 7 heteroatoms. The van der Waals surface area contributed by atoms with Crippen molar-refractivity contribution in [1.29, 1.82) is 0 Å². The van der Waals surface area contributed by atoms with Gasteiger partial charge in [-0.1, -0.05) is 12.1 Å². The summed E-state index contributed by atoms with van der Waals surface area (Å²) >= 11 is 0. The zero-order valence-electron chi connectivity index (χ0n) is 17.3. The predicted octanol–water partition coefficient (Wildman–Crippen LogP) is 2.69. The third kappa shape index (κ3) is 6.27. The van der Waals surface area contributed by atoms with Crippen LogP contribution in [0.25, 0.3) is 0 Å². The molecule has 0 aliphatic carbocycles. The Morgan fingerprint density at radius 1 is 1.28 bits per heavy atom. The van der Waals surface area contributed by atoms with Crippen LogP contribution in [0.1, 0.15) is 19.8 Å². The molecular weight excluding hydrogens is 366 g/mol. The van der Waals surface area contributed by atoms with Crippen LogP contribution in [0.15, 0.2) is 53.8 Å². The van der Waals surface area contributed by atoms with Gasteiger partial charge < -0.3 is 25.0 Å². The van der Waals surface area contributed by atoms with E-state index in [1.165, 1.54) is 0 Å². The van der Waals surface area contributed by atoms with E-state index in [9.17, 15) is 0 Å². The van der Waals surface area contributed by atoms with E-state index < -0.39 is 0 Å². The molecule has 1 saturated heterocycles. The molecule has 1 atom stereocenters. The number of para-hydroxylation sites is 2. The Labute approximate surface area is 173 Å². The van der Waals surface area contributed by atoms with Gasteiger partial charge in [-0.15, -0.1) is 0 Å². The van der Waals surface area contributed by atoms with Gasteiger partial charge in [-0.25, -0.2) is 4.99 Å². The second kappa shape index (κ2) is 11.1. The van der Waals surface area contributed by atoms with Gasteiger partial charge in [0.15, 0.2) is 5.96 Å². The molecule has 3 rings (SSSR count). The highest BCUT2D eigenvalue weighted by atomic mass is 16.5. The number of guanidine groups is 1. The van der Waals surface area contributed by atoms with Crippen molar-refractivity contribution >= 4 is 11.6 Å². The normalized spacial score (nSPS) is 17.0. The summed E-state index contributed by atoms with van der Waals surface area (Å²) in [6.45, 7) is 5.93. The number of hydrogen-bond acceptors (Lipinski definition) is 5. The van der Waals surface area contributed by atoms with Crippen molar-refractivity contribution in [2.45, 2.75) is 25.8 Å². The first kappa shape index (κ1) is 20.8. The maximum absolute atomic E-state index is 5.68. The fourth-order valence-electron chi connectivity index (χ4n) is 3.47. The molecule has 0 bridgehead atoms. The fraction of sp³-hybridized carbons (Fsp3) is 0.455. The molecule has 1 aromatic carbocycles. The summed E-state index contributed by atoms with van der Waals surface area (Å²) in [6, 6.07) is 12.3. The first-order valence-electron chi connectivity index (χ1n) is 10.3. The second-order valence-corrected chi connectivity index (χ2v) is 6.90. The van der Waals surface area contributed by atoms with Crippen molar-refractivity contribution in [3.05, 3.63) is 48.8 Å². The number of pyridine rings is 1. The molecule has 2 aromatic rings. The molecule has 1 unspecified atom stereocenters. The molecular formula is C22H31N5O2. The van der Waals surface area contributed by atoms with Crippen LogP contribution in [0.4, 0.5) is 5.69 Å². The molecule has 0 saturated carbocycles. The SMILES string of the molecule is CCNC(=NCCOc1cccnc1)NC1CCCN(c2ccccc2OC)C1. The average Bonchev–Trinajstić information content (AvgIpc) is 2.77. The smallest absolute Gasteiger partial charge is 0.191 e. The maximum Gasteiger partial charge on any atom is 0.191 e. The van der Waals surface area contributed by atoms with Crippen LogP contribution in [-0.2, 0) is 0 Å². The topological polar surface area (TPSA) is 71.0 Å². The van der Waals surface area contributed by atoms with Gasteiger partial charge >= 0.3 is 0 Å². The highest BCUT2D eigenvalue weighted by Gasteiger charge is 2.22. The molecule has 2 heterocycles. The lowest BCUT2D eigenvalue weighted by molar-refractivity contribution is 0.327. The Hall–Kier alpha value is -2.96. The van der Waals surface area contributed by atoms with Gasteiger partial charge in [0.05, 0.1) is 25.5 Å². The number of aromatic nitrogens is 1. The van der Waals surface area contributed by atoms with E-state index >= 15 is 0 Å². The number of piperidine rings is 1. The fourth-order valence-corrected chi connectivity index (χ4v) is 3.47. The lowest BCUT2D eigenvalue weighted by atomic mass is 10.0. The van der Waals surface area contributed by atoms with Crippen LogP contribution in [0, 0.1) is 0 Å². The van der Waals surface area contributed by atoms with E-state index in [1.54, 1.807) is 19.5 Å². The van der Waals surface area contributed by atoms with Crippen molar-refractivity contribution in [3.8, 4) is 11.5 Å². The van der Waals surface area contributed by atoms with Gasteiger partial charge in [-0.3, -0.25) is 4.98 Å². The summed E-state index contributed by atoms with van der Waals surface area (Å²) in [5.41, 5.74) is 1.15. The van der Waals surface area contributed by atoms with Crippen LogP contribution in [0.3, 0.4) is 0 Å². The molecule has 7 nitrogen and oxygen atoms in total. The highest BCUT2D eigenvalue weighted by Crippen LogP contribution is 2.29. The van der Waals surface area contributed by atoms with Crippen molar-refractivity contribution in [2.75, 3.05) is 44.8 Å². The summed E-state index contributed by atoms with van der Waals surface area (Å²) in [5, 5.41) is 6.91. The highest BCUT2D eigenvalue weighted by molar-refractivity contribution is 5.80. The van der Waals surface area contributed by atoms with Crippen molar-refractivity contribution in [2.24, 2.45) is 4.99 Å². The van der Waals surface area contributed by atoms with Crippen LogP contribution in [-0.4, -0.2) is 56.9 Å². The second-order valence-electron chi connectivity index (χ2n) is 6.90. The molecule has 1 aliphatic rings. The number of ether oxygens (including phenoxy) is 2. The lowest BCUT2D eigenvalue weighted by Crippen LogP contribution is -2.51. The first-order valence-corrected chi connectivity index (χ1v) is 10.3. The number of hydrogen-bond donors (Lipinski definition) is 2. The quantitative estimate of drug-likeness (QED) is 0.405. The maximum atomic E-state index is 5.68. The van der Waals surface area contributed by atoms with Gasteiger partial charge in [-0.2, -0.15) is 0 Å². The van der Waals surface area contributed by atoms with E-state index in [0.29, 0.717) is 19.2 Å². The molecule has 0 amide bonds. The number of aliphatic imine (C=N–C) groups is 1. The lowest BCUT2D eigenvalue weighted by Gasteiger charge is -2.36. The van der Waals surface area contributed by atoms with Gasteiger partial charge in [-0.05, 0) is 44.0 Å². The minimum absolute atomic E-state index is 0.325. The number of nitrogens with zero attached hydrogens (tertiary/aromatic N) is 3. The number of benzene rings is 1. The average molecular weight is 398 g/mol. The van der Waals surface area contributed by atoms with Gasteiger partial charge in [0.1, 0.15) is 18.1 Å². The Morgan fingerprint density at radius 2 is 2.17 bits per heavy atom. The third-order valence-corrected chi connectivity index (χ3v) is 4.80. The Balaban J connectivity index is 1.55. The van der Waals surface area contributed by atoms with E-state index in [4.69, 9.17) is 9.47 Å². The number of methoxy groups -OCH3 is 1. The van der Waals surface area contributed by atoms with Crippen LogP contribution >= 0.6 is 0 Å². The summed E-state index contributed by atoms with van der Waals surface area (Å²) in [4.78, 5) is 11.1. The van der Waals surface area contributed by atoms with E-state index in [-0.39, 0.29) is 0 Å². The largest absolute Gasteiger partial charge is 0.495 e. The van der Waals surface area contributed by atoms with Crippen molar-refractivity contribution < 1.29 is 9.47 Å². The van der Waals surface area contributed by atoms with Gasteiger partial charge in [0, 0.05) is 31.9 Å². The van der Waals surface area contributed by atoms with Crippen LogP contribution in [0.5, 0.6) is 11.5 Å². The minimum atomic E-state index is 0.325. The molecule has 1 aliphatic heterocycles. The molecule has 2 N–H and O–H groups in total. The van der Waals surface area contributed by atoms with Crippen LogP contribution < -0.4 is 25.0 Å². The van der Waals surface area contributed by atoms with Crippen molar-refractivity contribution in [1.82, 2.24) is 15.6 Å². The van der Waals surface area contributed by atoms with Gasteiger partial charge in [0.25, 0.3) is 0 Å². The van der Waals surface area contributed by atoms with Crippen LogP contribution in [0.2, 0.25) is 0 Å². The Kier molecular flexibility index (Phi) is 7.98. The van der Waals surface area contributed by atoms with E-state index in [0.717, 1.165) is 55.6 Å². The first-order chi connectivity index (χ1) is 14.3. The zero-order valence-corrected chi connectivity index (χ0v) is 17.3. The third-order valence-electron chi connectivity index (χ3n) is 4.80. The molecule has 29 heavy (non-hydrogen) atoms. The summed E-state index contributed by atoms with van der Waals surface area (Å²) < 4.78 is 11.2. The monoisotopic (exact) mass is 397 g/mol. The molecule has 0 radical (unpaired) electrons. The van der Waals surface area contributed by atoms with E-state index in [2.05, 4.69) is 44.6 Å². The Bertz CT molecular complexity index is 769. The molecule has 156 valence electrons. The number of anilines is 1. The van der Waals surface area contributed by atoms with Gasteiger partial charge in [0.2, 0.25) is 0 Å². The standard InChI is InChI=1S/C22H31N5O2/c1-3-24-22(25-13-15-29-19-9-6-12-23-16-19)26-18-8-7-14-27(17-18)20-10-4-5-11-21(20)28-2/h4-6,9-12,16,18H,3,7-8,13-15,17H2,1-2H3,(H2,24,25,26). The Morgan fingerprint density at radius 3 is 2.97 bits per heavy atom. The van der Waals surface area contributed by atoms with Crippen molar-refractivity contribution in [3.63, 3.8) is 0 Å². The predicted molar refractivity (Wildman–Crippen MR) is 117 cm³/mol. The van der Waals surface area contributed by atoms with E-state index in [1.807, 2.05) is 24.3 Å². The summed E-state index contributed by atoms with van der Waals surface area (Å²) in [6.07, 6.45) is 5.68. The summed E-state index contributed by atoms with van der Waals surface area (Å²) in [7, 11) is 1.72. The molecule has 0 spiro atoms. The minimum Gasteiger partial charge on any atom is -0.495 e. The zero-order chi connectivity index (χ0) is 20.3. The number of rotatable bonds is 8. The molecule has 1 aromatic heterocycles. The summed E-state index contributed by atoms with van der Waals surface area (Å²) in [5.74, 6) is 2.51.